The van der Waals surface area contributed by atoms with E-state index in [9.17, 15) is 13.2 Å². The Bertz CT molecular complexity index is 642. The number of carbonyl (C=O) groups is 1. The van der Waals surface area contributed by atoms with Crippen LogP contribution in [0.2, 0.25) is 0 Å². The highest BCUT2D eigenvalue weighted by molar-refractivity contribution is 7.89. The lowest BCUT2D eigenvalue weighted by Gasteiger charge is -2.11. The smallest absolute Gasteiger partial charge is 0.251 e. The van der Waals surface area contributed by atoms with Crippen molar-refractivity contribution >= 4 is 39.1 Å². The molecule has 0 saturated heterocycles. The van der Waals surface area contributed by atoms with E-state index in [1.165, 1.54) is 38.4 Å². The molecular weight excluding hydrogens is 335 g/mol. The molecule has 1 fully saturated rings. The highest BCUT2D eigenvalue weighted by Crippen LogP contribution is 2.52. The second-order valence-corrected chi connectivity index (χ2v) is 8.88. The van der Waals surface area contributed by atoms with Crippen LogP contribution in [0.4, 0.5) is 0 Å². The molecule has 116 valence electrons. The van der Waals surface area contributed by atoms with Gasteiger partial charge in [-0.3, -0.25) is 4.79 Å². The van der Waals surface area contributed by atoms with E-state index in [-0.39, 0.29) is 16.7 Å². The van der Waals surface area contributed by atoms with E-state index in [1.54, 1.807) is 0 Å². The van der Waals surface area contributed by atoms with Crippen LogP contribution in [0, 0.1) is 5.92 Å². The number of hydrogen-bond donors (Lipinski definition) is 1. The summed E-state index contributed by atoms with van der Waals surface area (Å²) in [4.78, 5) is 12.1. The predicted molar refractivity (Wildman–Crippen MR) is 82.2 cm³/mol. The fraction of sp³-hybridized carbons (Fsp3) is 0.462. The lowest BCUT2D eigenvalue weighted by atomic mass is 10.2. The van der Waals surface area contributed by atoms with Gasteiger partial charge in [0.25, 0.3) is 5.91 Å². The zero-order valence-corrected chi connectivity index (χ0v) is 14.0. The average molecular weight is 351 g/mol. The summed E-state index contributed by atoms with van der Waals surface area (Å²) in [7, 11) is -0.575. The molecule has 1 amide bonds. The van der Waals surface area contributed by atoms with Crippen molar-refractivity contribution in [3.05, 3.63) is 29.8 Å². The van der Waals surface area contributed by atoms with Crippen LogP contribution < -0.4 is 5.32 Å². The summed E-state index contributed by atoms with van der Waals surface area (Å²) >= 11 is 11.8. The molecule has 0 bridgehead atoms. The molecule has 1 N–H and O–H groups in total. The van der Waals surface area contributed by atoms with Crippen molar-refractivity contribution in [1.29, 1.82) is 0 Å². The monoisotopic (exact) mass is 350 g/mol. The minimum Gasteiger partial charge on any atom is -0.352 e. The third kappa shape index (κ3) is 3.69. The minimum absolute atomic E-state index is 0.0678. The molecule has 1 aromatic carbocycles. The quantitative estimate of drug-likeness (QED) is 0.824. The average Bonchev–Trinajstić information content (AvgIpc) is 3.03. The van der Waals surface area contributed by atoms with E-state index in [0.717, 1.165) is 4.31 Å². The topological polar surface area (TPSA) is 66.5 Å². The van der Waals surface area contributed by atoms with Crippen molar-refractivity contribution in [2.75, 3.05) is 20.6 Å². The molecule has 2 rings (SSSR count). The molecule has 0 radical (unpaired) electrons. The molecule has 1 saturated carbocycles. The third-order valence-electron chi connectivity index (χ3n) is 3.36. The number of sulfonamides is 1. The molecule has 0 aromatic heterocycles. The van der Waals surface area contributed by atoms with Gasteiger partial charge < -0.3 is 5.32 Å². The van der Waals surface area contributed by atoms with Gasteiger partial charge in [0.1, 0.15) is 4.33 Å². The molecule has 1 aliphatic rings. The van der Waals surface area contributed by atoms with Crippen molar-refractivity contribution in [2.45, 2.75) is 15.6 Å². The number of amides is 1. The van der Waals surface area contributed by atoms with Gasteiger partial charge in [0.05, 0.1) is 4.90 Å². The Morgan fingerprint density at radius 2 is 1.86 bits per heavy atom. The molecule has 21 heavy (non-hydrogen) atoms. The van der Waals surface area contributed by atoms with E-state index in [1.807, 2.05) is 0 Å². The number of nitrogens with one attached hydrogen (secondary N) is 1. The van der Waals surface area contributed by atoms with Crippen LogP contribution in [0.1, 0.15) is 16.8 Å². The van der Waals surface area contributed by atoms with Crippen molar-refractivity contribution in [3.63, 3.8) is 0 Å². The van der Waals surface area contributed by atoms with Crippen molar-refractivity contribution in [2.24, 2.45) is 5.92 Å². The molecule has 0 spiro atoms. The Balaban J connectivity index is 2.00. The van der Waals surface area contributed by atoms with Gasteiger partial charge in [-0.1, -0.05) is 0 Å². The molecular formula is C13H16Cl2N2O3S. The van der Waals surface area contributed by atoms with Crippen molar-refractivity contribution < 1.29 is 13.2 Å². The summed E-state index contributed by atoms with van der Waals surface area (Å²) < 4.78 is 24.2. The van der Waals surface area contributed by atoms with E-state index < -0.39 is 14.4 Å². The van der Waals surface area contributed by atoms with Gasteiger partial charge in [-0.2, -0.15) is 0 Å². The van der Waals surface area contributed by atoms with Gasteiger partial charge in [0.15, 0.2) is 0 Å². The number of rotatable bonds is 5. The minimum atomic E-state index is -3.48. The van der Waals surface area contributed by atoms with E-state index in [0.29, 0.717) is 18.5 Å². The fourth-order valence-corrected chi connectivity index (χ4v) is 3.23. The Kier molecular flexibility index (Phi) is 4.54. The van der Waals surface area contributed by atoms with Crippen LogP contribution >= 0.6 is 23.2 Å². The summed E-state index contributed by atoms with van der Waals surface area (Å²) in [5.74, 6) is -0.210. The van der Waals surface area contributed by atoms with E-state index >= 15 is 0 Å². The zero-order chi connectivity index (χ0) is 15.8. The number of alkyl halides is 2. The van der Waals surface area contributed by atoms with Gasteiger partial charge in [-0.15, -0.1) is 23.2 Å². The van der Waals surface area contributed by atoms with Crippen LogP contribution in [-0.4, -0.2) is 43.6 Å². The molecule has 1 atom stereocenters. The van der Waals surface area contributed by atoms with Gasteiger partial charge >= 0.3 is 0 Å². The highest BCUT2D eigenvalue weighted by Gasteiger charge is 2.51. The first-order valence-corrected chi connectivity index (χ1v) is 8.53. The van der Waals surface area contributed by atoms with Crippen LogP contribution in [-0.2, 0) is 10.0 Å². The van der Waals surface area contributed by atoms with Crippen LogP contribution in [0.25, 0.3) is 0 Å². The van der Waals surface area contributed by atoms with Crippen molar-refractivity contribution in [1.82, 2.24) is 9.62 Å². The molecule has 1 unspecified atom stereocenters. The molecule has 8 heteroatoms. The molecule has 5 nitrogen and oxygen atoms in total. The number of hydrogen-bond acceptors (Lipinski definition) is 3. The van der Waals surface area contributed by atoms with Gasteiger partial charge in [-0.05, 0) is 30.7 Å². The van der Waals surface area contributed by atoms with Gasteiger partial charge in [0.2, 0.25) is 10.0 Å². The Hall–Kier alpha value is -0.820. The summed E-state index contributed by atoms with van der Waals surface area (Å²) in [6.07, 6.45) is 0.663. The maximum absolute atomic E-state index is 11.9. The van der Waals surface area contributed by atoms with E-state index in [2.05, 4.69) is 5.32 Å². The molecule has 0 heterocycles. The van der Waals surface area contributed by atoms with Crippen molar-refractivity contribution in [3.8, 4) is 0 Å². The van der Waals surface area contributed by atoms with Gasteiger partial charge in [0, 0.05) is 32.1 Å². The predicted octanol–water partition coefficient (Wildman–Crippen LogP) is 1.86. The zero-order valence-electron chi connectivity index (χ0n) is 11.6. The number of nitrogens with zero attached hydrogens (tertiary/aromatic N) is 1. The summed E-state index contributed by atoms with van der Waals surface area (Å²) in [6, 6.07) is 5.78. The van der Waals surface area contributed by atoms with Crippen LogP contribution in [0.3, 0.4) is 0 Å². The number of benzene rings is 1. The Morgan fingerprint density at radius 1 is 1.33 bits per heavy atom. The maximum Gasteiger partial charge on any atom is 0.251 e. The molecule has 1 aromatic rings. The Morgan fingerprint density at radius 3 is 2.29 bits per heavy atom. The normalized spacial score (nSPS) is 20.3. The molecule has 0 aliphatic heterocycles. The lowest BCUT2D eigenvalue weighted by Crippen LogP contribution is -2.27. The standard InChI is InChI=1S/C13H16Cl2N2O3S/c1-17(2)21(19,20)11-5-3-9(4-6-11)12(18)16-8-10-7-13(10,14)15/h3-6,10H,7-8H2,1-2H3,(H,16,18). The SMILES string of the molecule is CN(C)S(=O)(=O)c1ccc(C(=O)NCC2CC2(Cl)Cl)cc1. The maximum atomic E-state index is 11.9. The summed E-state index contributed by atoms with van der Waals surface area (Å²) in [5, 5.41) is 2.73. The van der Waals surface area contributed by atoms with Crippen LogP contribution in [0.5, 0.6) is 0 Å². The highest BCUT2D eigenvalue weighted by atomic mass is 35.5. The number of halogens is 2. The summed E-state index contributed by atoms with van der Waals surface area (Å²) in [5.41, 5.74) is 0.392. The van der Waals surface area contributed by atoms with E-state index in [4.69, 9.17) is 23.2 Å². The Labute approximate surface area is 134 Å². The first-order chi connectivity index (χ1) is 9.64. The fourth-order valence-electron chi connectivity index (χ4n) is 1.80. The first-order valence-electron chi connectivity index (χ1n) is 6.33. The van der Waals surface area contributed by atoms with Crippen LogP contribution in [0.15, 0.2) is 29.2 Å². The largest absolute Gasteiger partial charge is 0.352 e. The second kappa shape index (κ2) is 5.76. The van der Waals surface area contributed by atoms with Gasteiger partial charge in [-0.25, -0.2) is 12.7 Å². The number of carbonyl (C=O) groups excluding carboxylic acids is 1. The first kappa shape index (κ1) is 16.5. The second-order valence-electron chi connectivity index (χ2n) is 5.18. The molecule has 1 aliphatic carbocycles. The third-order valence-corrected chi connectivity index (χ3v) is 6.11. The lowest BCUT2D eigenvalue weighted by molar-refractivity contribution is 0.0951. The summed E-state index contributed by atoms with van der Waals surface area (Å²) in [6.45, 7) is 0.406.